The van der Waals surface area contributed by atoms with Crippen molar-refractivity contribution in [2.75, 3.05) is 5.32 Å². The largest absolute Gasteiger partial charge is 0.436 e. The summed E-state index contributed by atoms with van der Waals surface area (Å²) < 4.78 is 7.06. The fourth-order valence-corrected chi connectivity index (χ4v) is 4.17. The summed E-state index contributed by atoms with van der Waals surface area (Å²) in [6.45, 7) is 2.09. The molecule has 0 fully saturated rings. The number of halogens is 1. The quantitative estimate of drug-likeness (QED) is 0.301. The van der Waals surface area contributed by atoms with E-state index >= 15 is 0 Å². The molecule has 4 nitrogen and oxygen atoms in total. The molecular weight excluding hydrogens is 452 g/mol. The van der Waals surface area contributed by atoms with Gasteiger partial charge in [0.05, 0.1) is 0 Å². The van der Waals surface area contributed by atoms with E-state index in [4.69, 9.17) is 9.40 Å². The zero-order valence-electron chi connectivity index (χ0n) is 16.9. The summed E-state index contributed by atoms with van der Waals surface area (Å²) >= 11 is 3.61. The fraction of sp³-hybridized carbons (Fsp3) is 0.0769. The third-order valence-electron chi connectivity index (χ3n) is 5.37. The zero-order chi connectivity index (χ0) is 21.4. The average molecular weight is 471 g/mol. The summed E-state index contributed by atoms with van der Waals surface area (Å²) in [6.07, 6.45) is 0.945. The third-order valence-corrected chi connectivity index (χ3v) is 6.06. The van der Waals surface area contributed by atoms with Gasteiger partial charge in [0, 0.05) is 21.3 Å². The van der Waals surface area contributed by atoms with Crippen LogP contribution in [0.15, 0.2) is 87.8 Å². The van der Waals surface area contributed by atoms with Gasteiger partial charge in [0.2, 0.25) is 5.89 Å². The van der Waals surface area contributed by atoms with Crippen molar-refractivity contribution in [2.24, 2.45) is 0 Å². The predicted octanol–water partition coefficient (Wildman–Crippen LogP) is 7.23. The molecule has 4 aromatic carbocycles. The summed E-state index contributed by atoms with van der Waals surface area (Å²) in [5.74, 6) is 0.405. The van der Waals surface area contributed by atoms with E-state index in [1.54, 1.807) is 0 Å². The molecule has 1 heterocycles. The maximum atomic E-state index is 12.6. The number of amides is 1. The minimum atomic E-state index is -0.148. The van der Waals surface area contributed by atoms with Crippen molar-refractivity contribution < 1.29 is 9.21 Å². The van der Waals surface area contributed by atoms with E-state index in [2.05, 4.69) is 40.3 Å². The van der Waals surface area contributed by atoms with Gasteiger partial charge < -0.3 is 9.73 Å². The number of anilines is 1. The van der Waals surface area contributed by atoms with Crippen LogP contribution < -0.4 is 5.32 Å². The van der Waals surface area contributed by atoms with Crippen LogP contribution in [0.1, 0.15) is 22.8 Å². The molecule has 31 heavy (non-hydrogen) atoms. The molecule has 5 rings (SSSR count). The first-order chi connectivity index (χ1) is 15.1. The van der Waals surface area contributed by atoms with Crippen LogP contribution in [0.4, 0.5) is 5.69 Å². The average Bonchev–Trinajstić information content (AvgIpc) is 3.22. The highest BCUT2D eigenvalue weighted by atomic mass is 79.9. The second-order valence-electron chi connectivity index (χ2n) is 7.35. The molecule has 1 aromatic heterocycles. The van der Waals surface area contributed by atoms with Gasteiger partial charge >= 0.3 is 0 Å². The van der Waals surface area contributed by atoms with Crippen LogP contribution in [-0.4, -0.2) is 10.9 Å². The van der Waals surface area contributed by atoms with Crippen LogP contribution in [0.5, 0.6) is 0 Å². The van der Waals surface area contributed by atoms with Crippen molar-refractivity contribution in [3.05, 3.63) is 94.5 Å². The second-order valence-corrected chi connectivity index (χ2v) is 8.20. The minimum absolute atomic E-state index is 0.148. The summed E-state index contributed by atoms with van der Waals surface area (Å²) in [6, 6.07) is 25.3. The molecule has 0 radical (unpaired) electrons. The number of benzene rings is 4. The van der Waals surface area contributed by atoms with Crippen molar-refractivity contribution in [1.82, 2.24) is 4.98 Å². The Morgan fingerprint density at radius 2 is 1.74 bits per heavy atom. The monoisotopic (exact) mass is 470 g/mol. The number of hydrogen-bond acceptors (Lipinski definition) is 3. The van der Waals surface area contributed by atoms with E-state index in [0.29, 0.717) is 28.2 Å². The predicted molar refractivity (Wildman–Crippen MR) is 128 cm³/mol. The molecule has 0 atom stereocenters. The molecule has 0 saturated carbocycles. The first-order valence-corrected chi connectivity index (χ1v) is 10.9. The highest BCUT2D eigenvalue weighted by Gasteiger charge is 2.13. The Kier molecular flexibility index (Phi) is 5.04. The Morgan fingerprint density at radius 3 is 2.55 bits per heavy atom. The Morgan fingerprint density at radius 1 is 0.968 bits per heavy atom. The van der Waals surface area contributed by atoms with Crippen molar-refractivity contribution in [3.63, 3.8) is 0 Å². The molecule has 1 amide bonds. The van der Waals surface area contributed by atoms with Gasteiger partial charge in [0.25, 0.3) is 5.91 Å². The number of carbonyl (C=O) groups excluding carboxylic acids is 1. The smallest absolute Gasteiger partial charge is 0.255 e. The van der Waals surface area contributed by atoms with Gasteiger partial charge in [0.1, 0.15) is 5.52 Å². The SMILES string of the molecule is CCc1ccc(C(=O)Nc2ccc3oc(-c4cccc5c(Br)cccc45)nc3c2)cc1. The van der Waals surface area contributed by atoms with Gasteiger partial charge in [-0.25, -0.2) is 4.98 Å². The van der Waals surface area contributed by atoms with Crippen molar-refractivity contribution in [1.29, 1.82) is 0 Å². The van der Waals surface area contributed by atoms with Gasteiger partial charge in [-0.3, -0.25) is 4.79 Å². The number of rotatable bonds is 4. The third kappa shape index (κ3) is 3.73. The van der Waals surface area contributed by atoms with Crippen molar-refractivity contribution in [2.45, 2.75) is 13.3 Å². The summed E-state index contributed by atoms with van der Waals surface area (Å²) in [5, 5.41) is 5.11. The molecule has 0 aliphatic heterocycles. The number of aromatic nitrogens is 1. The van der Waals surface area contributed by atoms with Gasteiger partial charge in [-0.1, -0.05) is 59.3 Å². The standard InChI is InChI=1S/C26H19BrN2O2/c1-2-16-9-11-17(12-10-16)25(30)28-18-13-14-24-23(15-18)29-26(31-24)21-7-3-6-20-19(21)5-4-8-22(20)27/h3-15H,2H2,1H3,(H,28,30). The van der Waals surface area contributed by atoms with E-state index in [0.717, 1.165) is 27.2 Å². The van der Waals surface area contributed by atoms with Crippen molar-refractivity contribution >= 4 is 49.4 Å². The van der Waals surface area contributed by atoms with Crippen LogP contribution in [0, 0.1) is 0 Å². The van der Waals surface area contributed by atoms with E-state index in [9.17, 15) is 4.79 Å². The Labute approximate surface area is 188 Å². The lowest BCUT2D eigenvalue weighted by Gasteiger charge is -2.05. The minimum Gasteiger partial charge on any atom is -0.436 e. The fourth-order valence-electron chi connectivity index (χ4n) is 3.67. The Hall–Kier alpha value is -3.44. The van der Waals surface area contributed by atoms with Crippen molar-refractivity contribution in [3.8, 4) is 11.5 Å². The molecule has 152 valence electrons. The molecular formula is C26H19BrN2O2. The highest BCUT2D eigenvalue weighted by molar-refractivity contribution is 9.10. The van der Waals surface area contributed by atoms with Crippen LogP contribution >= 0.6 is 15.9 Å². The molecule has 5 heteroatoms. The number of aryl methyl sites for hydroxylation is 1. The summed E-state index contributed by atoms with van der Waals surface area (Å²) in [5.41, 5.74) is 4.80. The molecule has 0 aliphatic carbocycles. The second kappa shape index (κ2) is 8.00. The Bertz CT molecular complexity index is 1420. The molecule has 0 spiro atoms. The van der Waals surface area contributed by atoms with Crippen LogP contribution in [0.3, 0.4) is 0 Å². The zero-order valence-corrected chi connectivity index (χ0v) is 18.4. The maximum Gasteiger partial charge on any atom is 0.255 e. The lowest BCUT2D eigenvalue weighted by Crippen LogP contribution is -2.11. The number of fused-ring (bicyclic) bond motifs is 2. The summed E-state index contributed by atoms with van der Waals surface area (Å²) in [7, 11) is 0. The molecule has 1 N–H and O–H groups in total. The van der Waals surface area contributed by atoms with E-state index in [1.807, 2.05) is 66.7 Å². The van der Waals surface area contributed by atoms with Crippen LogP contribution in [-0.2, 0) is 6.42 Å². The Balaban J connectivity index is 1.47. The molecule has 0 saturated heterocycles. The maximum absolute atomic E-state index is 12.6. The first kappa shape index (κ1) is 19.5. The first-order valence-electron chi connectivity index (χ1n) is 10.1. The van der Waals surface area contributed by atoms with Gasteiger partial charge in [-0.05, 0) is 65.2 Å². The van der Waals surface area contributed by atoms with Gasteiger partial charge in [0.15, 0.2) is 5.58 Å². The van der Waals surface area contributed by atoms with E-state index < -0.39 is 0 Å². The topological polar surface area (TPSA) is 55.1 Å². The lowest BCUT2D eigenvalue weighted by molar-refractivity contribution is 0.102. The van der Waals surface area contributed by atoms with Crippen LogP contribution in [0.2, 0.25) is 0 Å². The number of oxazole rings is 1. The van der Waals surface area contributed by atoms with Gasteiger partial charge in [-0.2, -0.15) is 0 Å². The number of carbonyl (C=O) groups is 1. The highest BCUT2D eigenvalue weighted by Crippen LogP contribution is 2.34. The lowest BCUT2D eigenvalue weighted by atomic mass is 10.0. The van der Waals surface area contributed by atoms with Crippen LogP contribution in [0.25, 0.3) is 33.3 Å². The molecule has 5 aromatic rings. The molecule has 0 bridgehead atoms. The summed E-state index contributed by atoms with van der Waals surface area (Å²) in [4.78, 5) is 17.3. The molecule has 0 unspecified atom stereocenters. The van der Waals surface area contributed by atoms with E-state index in [-0.39, 0.29) is 5.91 Å². The number of nitrogens with zero attached hydrogens (tertiary/aromatic N) is 1. The van der Waals surface area contributed by atoms with E-state index in [1.165, 1.54) is 5.56 Å². The number of hydrogen-bond donors (Lipinski definition) is 1. The number of nitrogens with one attached hydrogen (secondary N) is 1. The molecule has 0 aliphatic rings. The van der Waals surface area contributed by atoms with Gasteiger partial charge in [-0.15, -0.1) is 0 Å². The normalized spacial score (nSPS) is 11.2.